The number of rotatable bonds is 5. The molecule has 0 spiro atoms. The van der Waals surface area contributed by atoms with Crippen molar-refractivity contribution < 1.29 is 14.7 Å². The van der Waals surface area contributed by atoms with Crippen LogP contribution >= 0.6 is 0 Å². The lowest BCUT2D eigenvalue weighted by atomic mass is 10.0. The van der Waals surface area contributed by atoms with Gasteiger partial charge in [-0.2, -0.15) is 0 Å². The topological polar surface area (TPSA) is 112 Å². The Hall–Kier alpha value is -2.18. The minimum atomic E-state index is -1.13. The number of H-pyrrole nitrogens is 1. The summed E-state index contributed by atoms with van der Waals surface area (Å²) in [6.45, 7) is 7.03. The Labute approximate surface area is 116 Å². The standard InChI is InChI=1S/C13H19N3O4/c1-6(2)5-9(13(19)20)16-12(18)10-11(17)15-8(4)7(3)14-10/h6,9H,5H2,1-4H3,(H,15,17)(H,16,18)(H,19,20)/t9-/m0/s1. The third-order valence-electron chi connectivity index (χ3n) is 2.86. The summed E-state index contributed by atoms with van der Waals surface area (Å²) in [7, 11) is 0. The first-order valence-corrected chi connectivity index (χ1v) is 6.33. The number of hydrogen-bond acceptors (Lipinski definition) is 4. The van der Waals surface area contributed by atoms with Crippen LogP contribution in [0.3, 0.4) is 0 Å². The van der Waals surface area contributed by atoms with E-state index in [0.29, 0.717) is 11.4 Å². The van der Waals surface area contributed by atoms with Gasteiger partial charge in [-0.05, 0) is 26.2 Å². The molecule has 7 heteroatoms. The van der Waals surface area contributed by atoms with E-state index in [-0.39, 0.29) is 18.0 Å². The largest absolute Gasteiger partial charge is 0.480 e. The summed E-state index contributed by atoms with van der Waals surface area (Å²) in [5.41, 5.74) is 0.149. The molecule has 0 aliphatic rings. The SMILES string of the molecule is Cc1nc(C(=O)N[C@@H](CC(C)C)C(=O)O)c(=O)[nH]c1C. The molecule has 0 unspecified atom stereocenters. The molecule has 1 heterocycles. The van der Waals surface area contributed by atoms with Gasteiger partial charge in [0.15, 0.2) is 5.69 Å². The molecule has 1 rings (SSSR count). The Morgan fingerprint density at radius 3 is 2.45 bits per heavy atom. The van der Waals surface area contributed by atoms with Crippen LogP contribution in [0.25, 0.3) is 0 Å². The Morgan fingerprint density at radius 1 is 1.35 bits per heavy atom. The van der Waals surface area contributed by atoms with Gasteiger partial charge in [0.25, 0.3) is 11.5 Å². The molecule has 7 nitrogen and oxygen atoms in total. The van der Waals surface area contributed by atoms with Crippen LogP contribution in [0, 0.1) is 19.8 Å². The molecule has 110 valence electrons. The minimum absolute atomic E-state index is 0.0994. The predicted molar refractivity (Wildman–Crippen MR) is 72.7 cm³/mol. The summed E-state index contributed by atoms with van der Waals surface area (Å²) in [6, 6.07) is -1.04. The highest BCUT2D eigenvalue weighted by atomic mass is 16.4. The number of aryl methyl sites for hydroxylation is 2. The monoisotopic (exact) mass is 281 g/mol. The molecular weight excluding hydrogens is 262 g/mol. The normalized spacial score (nSPS) is 12.2. The summed E-state index contributed by atoms with van der Waals surface area (Å²) >= 11 is 0. The number of carbonyl (C=O) groups is 2. The summed E-state index contributed by atoms with van der Waals surface area (Å²) in [5, 5.41) is 11.4. The second-order valence-electron chi connectivity index (χ2n) is 5.12. The molecule has 1 atom stereocenters. The zero-order valence-electron chi connectivity index (χ0n) is 12.0. The molecule has 0 fully saturated rings. The van der Waals surface area contributed by atoms with E-state index in [0.717, 1.165) is 0 Å². The fourth-order valence-electron chi connectivity index (χ4n) is 1.70. The highest BCUT2D eigenvalue weighted by Crippen LogP contribution is 2.06. The Balaban J connectivity index is 2.98. The summed E-state index contributed by atoms with van der Waals surface area (Å²) < 4.78 is 0. The van der Waals surface area contributed by atoms with Crippen LogP contribution in [0.4, 0.5) is 0 Å². The van der Waals surface area contributed by atoms with Gasteiger partial charge in [-0.1, -0.05) is 13.8 Å². The van der Waals surface area contributed by atoms with Crippen molar-refractivity contribution in [1.29, 1.82) is 0 Å². The van der Waals surface area contributed by atoms with Gasteiger partial charge in [-0.3, -0.25) is 9.59 Å². The van der Waals surface area contributed by atoms with Gasteiger partial charge in [-0.15, -0.1) is 0 Å². The molecule has 3 N–H and O–H groups in total. The van der Waals surface area contributed by atoms with E-state index in [2.05, 4.69) is 15.3 Å². The van der Waals surface area contributed by atoms with Gasteiger partial charge < -0.3 is 15.4 Å². The first-order valence-electron chi connectivity index (χ1n) is 6.33. The third-order valence-corrected chi connectivity index (χ3v) is 2.86. The highest BCUT2D eigenvalue weighted by Gasteiger charge is 2.24. The maximum atomic E-state index is 12.0. The van der Waals surface area contributed by atoms with Gasteiger partial charge in [0, 0.05) is 5.69 Å². The summed E-state index contributed by atoms with van der Waals surface area (Å²) in [5.74, 6) is -1.81. The van der Waals surface area contributed by atoms with Crippen molar-refractivity contribution in [3.8, 4) is 0 Å². The number of aromatic amines is 1. The van der Waals surface area contributed by atoms with E-state index in [1.165, 1.54) is 0 Å². The van der Waals surface area contributed by atoms with Gasteiger partial charge in [0.2, 0.25) is 0 Å². The highest BCUT2D eigenvalue weighted by molar-refractivity contribution is 5.94. The zero-order valence-corrected chi connectivity index (χ0v) is 12.0. The molecule has 1 aromatic heterocycles. The quantitative estimate of drug-likeness (QED) is 0.732. The number of nitrogens with zero attached hydrogens (tertiary/aromatic N) is 1. The maximum Gasteiger partial charge on any atom is 0.326 e. The van der Waals surface area contributed by atoms with Crippen molar-refractivity contribution in [3.05, 3.63) is 27.4 Å². The van der Waals surface area contributed by atoms with Crippen LogP contribution in [0.2, 0.25) is 0 Å². The Kier molecular flexibility index (Phi) is 5.01. The molecule has 1 amide bonds. The molecule has 0 aliphatic carbocycles. The van der Waals surface area contributed by atoms with Crippen molar-refractivity contribution in [2.75, 3.05) is 0 Å². The number of hydrogen-bond donors (Lipinski definition) is 3. The summed E-state index contributed by atoms with van der Waals surface area (Å²) in [6.07, 6.45) is 0.282. The lowest BCUT2D eigenvalue weighted by Crippen LogP contribution is -2.43. The van der Waals surface area contributed by atoms with E-state index >= 15 is 0 Å². The van der Waals surface area contributed by atoms with Crippen molar-refractivity contribution in [2.45, 2.75) is 40.2 Å². The number of aromatic nitrogens is 2. The number of carboxylic acids is 1. The van der Waals surface area contributed by atoms with Crippen LogP contribution in [0.15, 0.2) is 4.79 Å². The second-order valence-corrected chi connectivity index (χ2v) is 5.12. The second kappa shape index (κ2) is 6.31. The van der Waals surface area contributed by atoms with Crippen LogP contribution in [0.1, 0.15) is 42.1 Å². The van der Waals surface area contributed by atoms with Crippen LogP contribution in [0.5, 0.6) is 0 Å². The third kappa shape index (κ3) is 3.91. The molecule has 0 saturated carbocycles. The smallest absolute Gasteiger partial charge is 0.326 e. The predicted octanol–water partition coefficient (Wildman–Crippen LogP) is 0.616. The molecule has 0 aliphatic heterocycles. The lowest BCUT2D eigenvalue weighted by molar-refractivity contribution is -0.139. The fraction of sp³-hybridized carbons (Fsp3) is 0.538. The van der Waals surface area contributed by atoms with Crippen molar-refractivity contribution in [3.63, 3.8) is 0 Å². The van der Waals surface area contributed by atoms with Gasteiger partial charge in [0.1, 0.15) is 6.04 Å². The summed E-state index contributed by atoms with van der Waals surface area (Å²) in [4.78, 5) is 41.2. The number of aliphatic carboxylic acids is 1. The molecule has 1 aromatic rings. The Bertz CT molecular complexity index is 577. The zero-order chi connectivity index (χ0) is 15.4. The van der Waals surface area contributed by atoms with E-state index < -0.39 is 23.5 Å². The fourth-order valence-corrected chi connectivity index (χ4v) is 1.70. The molecule has 0 bridgehead atoms. The van der Waals surface area contributed by atoms with Gasteiger partial charge in [0.05, 0.1) is 5.69 Å². The minimum Gasteiger partial charge on any atom is -0.480 e. The maximum absolute atomic E-state index is 12.0. The van der Waals surface area contributed by atoms with E-state index in [4.69, 9.17) is 5.11 Å². The molecular formula is C13H19N3O4. The average molecular weight is 281 g/mol. The molecule has 0 aromatic carbocycles. The molecule has 0 saturated heterocycles. The van der Waals surface area contributed by atoms with E-state index in [1.54, 1.807) is 13.8 Å². The molecule has 0 radical (unpaired) electrons. The van der Waals surface area contributed by atoms with Gasteiger partial charge >= 0.3 is 5.97 Å². The van der Waals surface area contributed by atoms with Crippen LogP contribution in [-0.2, 0) is 4.79 Å². The number of amides is 1. The number of carbonyl (C=O) groups excluding carboxylic acids is 1. The van der Waals surface area contributed by atoms with Gasteiger partial charge in [-0.25, -0.2) is 9.78 Å². The average Bonchev–Trinajstić information content (AvgIpc) is 2.32. The molecule has 20 heavy (non-hydrogen) atoms. The van der Waals surface area contributed by atoms with Crippen molar-refractivity contribution >= 4 is 11.9 Å². The van der Waals surface area contributed by atoms with Crippen molar-refractivity contribution in [1.82, 2.24) is 15.3 Å². The first-order chi connectivity index (χ1) is 9.22. The first kappa shape index (κ1) is 15.9. The van der Waals surface area contributed by atoms with Crippen molar-refractivity contribution in [2.24, 2.45) is 5.92 Å². The number of carboxylic acid groups (broad SMARTS) is 1. The van der Waals surface area contributed by atoms with E-state index in [1.807, 2.05) is 13.8 Å². The van der Waals surface area contributed by atoms with Crippen LogP contribution < -0.4 is 10.9 Å². The Morgan fingerprint density at radius 2 is 1.95 bits per heavy atom. The van der Waals surface area contributed by atoms with E-state index in [9.17, 15) is 14.4 Å². The number of nitrogens with one attached hydrogen (secondary N) is 2. The lowest BCUT2D eigenvalue weighted by Gasteiger charge is -2.16. The van der Waals surface area contributed by atoms with Crippen LogP contribution in [-0.4, -0.2) is 33.0 Å².